The Bertz CT molecular complexity index is 444. The van der Waals surface area contributed by atoms with Crippen LogP contribution in [0.2, 0.25) is 0 Å². The van der Waals surface area contributed by atoms with E-state index in [9.17, 15) is 4.79 Å². The van der Waals surface area contributed by atoms with Crippen LogP contribution >= 0.6 is 0 Å². The van der Waals surface area contributed by atoms with Crippen molar-refractivity contribution in [1.29, 1.82) is 0 Å². The van der Waals surface area contributed by atoms with Crippen molar-refractivity contribution in [2.75, 3.05) is 33.4 Å². The van der Waals surface area contributed by atoms with E-state index in [2.05, 4.69) is 5.32 Å². The van der Waals surface area contributed by atoms with Crippen molar-refractivity contribution in [2.24, 2.45) is 0 Å². The van der Waals surface area contributed by atoms with Crippen LogP contribution in [0.3, 0.4) is 0 Å². The summed E-state index contributed by atoms with van der Waals surface area (Å²) in [5.74, 6) is 0.749. The summed E-state index contributed by atoms with van der Waals surface area (Å²) in [6.45, 7) is 5.08. The summed E-state index contributed by atoms with van der Waals surface area (Å²) < 4.78 is 11.0. The SMILES string of the molecule is CNCc1cccc(OC(C)C(=O)N2CCOCC2)c1. The van der Waals surface area contributed by atoms with E-state index in [0.29, 0.717) is 26.3 Å². The van der Waals surface area contributed by atoms with Gasteiger partial charge in [-0.15, -0.1) is 0 Å². The number of nitrogens with zero attached hydrogens (tertiary/aromatic N) is 1. The molecule has 0 bridgehead atoms. The maximum absolute atomic E-state index is 12.2. The van der Waals surface area contributed by atoms with E-state index in [0.717, 1.165) is 17.9 Å². The number of carbonyl (C=O) groups is 1. The molecular formula is C15H22N2O3. The van der Waals surface area contributed by atoms with E-state index in [-0.39, 0.29) is 5.91 Å². The van der Waals surface area contributed by atoms with Gasteiger partial charge in [0.25, 0.3) is 5.91 Å². The summed E-state index contributed by atoms with van der Waals surface area (Å²) in [5, 5.41) is 3.09. The van der Waals surface area contributed by atoms with Crippen molar-refractivity contribution in [2.45, 2.75) is 19.6 Å². The van der Waals surface area contributed by atoms with Crippen LogP contribution in [0.1, 0.15) is 12.5 Å². The summed E-state index contributed by atoms with van der Waals surface area (Å²) in [4.78, 5) is 14.0. The summed E-state index contributed by atoms with van der Waals surface area (Å²) in [6, 6.07) is 7.80. The fraction of sp³-hybridized carbons (Fsp3) is 0.533. The van der Waals surface area contributed by atoms with Crippen LogP contribution in [0.5, 0.6) is 5.75 Å². The Balaban J connectivity index is 1.94. The van der Waals surface area contributed by atoms with Gasteiger partial charge in [0.1, 0.15) is 5.75 Å². The van der Waals surface area contributed by atoms with Crippen molar-refractivity contribution in [3.8, 4) is 5.75 Å². The molecule has 1 saturated heterocycles. The van der Waals surface area contributed by atoms with Gasteiger partial charge < -0.3 is 19.7 Å². The van der Waals surface area contributed by atoms with E-state index in [4.69, 9.17) is 9.47 Å². The second-order valence-electron chi connectivity index (χ2n) is 4.88. The molecule has 0 aliphatic carbocycles. The second kappa shape index (κ2) is 7.26. The second-order valence-corrected chi connectivity index (χ2v) is 4.88. The zero-order valence-electron chi connectivity index (χ0n) is 12.1. The molecule has 0 radical (unpaired) electrons. The van der Waals surface area contributed by atoms with Gasteiger partial charge in [0.15, 0.2) is 6.10 Å². The van der Waals surface area contributed by atoms with Gasteiger partial charge in [0.05, 0.1) is 13.2 Å². The zero-order valence-corrected chi connectivity index (χ0v) is 12.1. The summed E-state index contributed by atoms with van der Waals surface area (Å²) >= 11 is 0. The Morgan fingerprint density at radius 3 is 2.90 bits per heavy atom. The smallest absolute Gasteiger partial charge is 0.263 e. The van der Waals surface area contributed by atoms with Crippen molar-refractivity contribution >= 4 is 5.91 Å². The van der Waals surface area contributed by atoms with Crippen LogP contribution < -0.4 is 10.1 Å². The standard InChI is InChI=1S/C15H22N2O3/c1-12(15(18)17-6-8-19-9-7-17)20-14-5-3-4-13(10-14)11-16-2/h3-5,10,12,16H,6-9,11H2,1-2H3. The molecule has 1 aliphatic rings. The molecule has 2 rings (SSSR count). The molecule has 1 aromatic carbocycles. The molecule has 110 valence electrons. The topological polar surface area (TPSA) is 50.8 Å². The minimum absolute atomic E-state index is 0.0207. The van der Waals surface area contributed by atoms with E-state index in [1.807, 2.05) is 31.3 Å². The van der Waals surface area contributed by atoms with Gasteiger partial charge >= 0.3 is 0 Å². The quantitative estimate of drug-likeness (QED) is 0.874. The van der Waals surface area contributed by atoms with Crippen LogP contribution in [0.15, 0.2) is 24.3 Å². The van der Waals surface area contributed by atoms with Crippen molar-refractivity contribution < 1.29 is 14.3 Å². The number of amides is 1. The number of carbonyl (C=O) groups excluding carboxylic acids is 1. The molecular weight excluding hydrogens is 256 g/mol. The molecule has 0 saturated carbocycles. The maximum atomic E-state index is 12.2. The number of ether oxygens (including phenoxy) is 2. The highest BCUT2D eigenvalue weighted by Gasteiger charge is 2.23. The lowest BCUT2D eigenvalue weighted by atomic mass is 10.2. The molecule has 5 nitrogen and oxygen atoms in total. The number of hydrogen-bond donors (Lipinski definition) is 1. The molecule has 1 unspecified atom stereocenters. The Labute approximate surface area is 119 Å². The van der Waals surface area contributed by atoms with Gasteiger partial charge in [-0.2, -0.15) is 0 Å². The molecule has 20 heavy (non-hydrogen) atoms. The minimum atomic E-state index is -0.474. The number of benzene rings is 1. The molecule has 1 heterocycles. The van der Waals surface area contributed by atoms with Crippen LogP contribution in [0.25, 0.3) is 0 Å². The Hall–Kier alpha value is -1.59. The highest BCUT2D eigenvalue weighted by Crippen LogP contribution is 2.16. The maximum Gasteiger partial charge on any atom is 0.263 e. The summed E-state index contributed by atoms with van der Waals surface area (Å²) in [6.07, 6.45) is -0.474. The lowest BCUT2D eigenvalue weighted by molar-refractivity contribution is -0.142. The third-order valence-electron chi connectivity index (χ3n) is 3.26. The third kappa shape index (κ3) is 3.95. The molecule has 1 amide bonds. The first-order chi connectivity index (χ1) is 9.70. The van der Waals surface area contributed by atoms with E-state index in [1.54, 1.807) is 11.8 Å². The van der Waals surface area contributed by atoms with Gasteiger partial charge in [-0.3, -0.25) is 4.79 Å². The van der Waals surface area contributed by atoms with Crippen LogP contribution in [0.4, 0.5) is 0 Å². The molecule has 0 aromatic heterocycles. The van der Waals surface area contributed by atoms with Crippen molar-refractivity contribution in [3.63, 3.8) is 0 Å². The van der Waals surface area contributed by atoms with Gasteiger partial charge in [-0.05, 0) is 31.7 Å². The first-order valence-electron chi connectivity index (χ1n) is 6.97. The van der Waals surface area contributed by atoms with Gasteiger partial charge in [0.2, 0.25) is 0 Å². The minimum Gasteiger partial charge on any atom is -0.481 e. The van der Waals surface area contributed by atoms with E-state index in [1.165, 1.54) is 0 Å². The van der Waals surface area contributed by atoms with Crippen LogP contribution in [-0.2, 0) is 16.1 Å². The first kappa shape index (κ1) is 14.8. The van der Waals surface area contributed by atoms with Gasteiger partial charge in [-0.1, -0.05) is 12.1 Å². The molecule has 1 atom stereocenters. The highest BCUT2D eigenvalue weighted by molar-refractivity contribution is 5.81. The molecule has 0 spiro atoms. The van der Waals surface area contributed by atoms with E-state index >= 15 is 0 Å². The number of rotatable bonds is 5. The van der Waals surface area contributed by atoms with Crippen molar-refractivity contribution in [1.82, 2.24) is 10.2 Å². The number of morpholine rings is 1. The first-order valence-corrected chi connectivity index (χ1v) is 6.97. The Morgan fingerprint density at radius 2 is 2.20 bits per heavy atom. The normalized spacial score (nSPS) is 16.8. The summed E-state index contributed by atoms with van der Waals surface area (Å²) in [5.41, 5.74) is 1.14. The highest BCUT2D eigenvalue weighted by atomic mass is 16.5. The molecule has 1 aliphatic heterocycles. The fourth-order valence-corrected chi connectivity index (χ4v) is 2.23. The largest absolute Gasteiger partial charge is 0.481 e. The van der Waals surface area contributed by atoms with Crippen LogP contribution in [0, 0.1) is 0 Å². The zero-order chi connectivity index (χ0) is 14.4. The monoisotopic (exact) mass is 278 g/mol. The molecule has 5 heteroatoms. The average molecular weight is 278 g/mol. The molecule has 1 aromatic rings. The average Bonchev–Trinajstić information content (AvgIpc) is 2.48. The number of nitrogens with one attached hydrogen (secondary N) is 1. The van der Waals surface area contributed by atoms with Crippen LogP contribution in [-0.4, -0.2) is 50.3 Å². The van der Waals surface area contributed by atoms with E-state index < -0.39 is 6.10 Å². The Morgan fingerprint density at radius 1 is 1.45 bits per heavy atom. The third-order valence-corrected chi connectivity index (χ3v) is 3.26. The lowest BCUT2D eigenvalue weighted by Gasteiger charge is -2.29. The fourth-order valence-electron chi connectivity index (χ4n) is 2.23. The molecule has 1 N–H and O–H groups in total. The predicted molar refractivity (Wildman–Crippen MR) is 76.7 cm³/mol. The van der Waals surface area contributed by atoms with Crippen molar-refractivity contribution in [3.05, 3.63) is 29.8 Å². The van der Waals surface area contributed by atoms with Gasteiger partial charge in [0, 0.05) is 19.6 Å². The number of hydrogen-bond acceptors (Lipinski definition) is 4. The summed E-state index contributed by atoms with van der Waals surface area (Å²) in [7, 11) is 1.90. The lowest BCUT2D eigenvalue weighted by Crippen LogP contribution is -2.46. The van der Waals surface area contributed by atoms with Gasteiger partial charge in [-0.25, -0.2) is 0 Å². The predicted octanol–water partition coefficient (Wildman–Crippen LogP) is 1.03. The Kier molecular flexibility index (Phi) is 5.38. The molecule has 1 fully saturated rings.